The molecular weight excluding hydrogens is 270 g/mol. The van der Waals surface area contributed by atoms with E-state index in [0.717, 1.165) is 11.3 Å². The molecule has 5 heteroatoms. The predicted molar refractivity (Wildman–Crippen MR) is 79.6 cm³/mol. The summed E-state index contributed by atoms with van der Waals surface area (Å²) >= 11 is 0. The normalized spacial score (nSPS) is 19.2. The number of hydrogen-bond donors (Lipinski definition) is 1. The Labute approximate surface area is 125 Å². The minimum atomic E-state index is -1.04. The molecule has 0 saturated carbocycles. The number of rotatable bonds is 5. The van der Waals surface area contributed by atoms with Crippen LogP contribution in [0.2, 0.25) is 0 Å². The second kappa shape index (κ2) is 6.45. The molecule has 0 radical (unpaired) electrons. The zero-order valence-corrected chi connectivity index (χ0v) is 12.8. The molecule has 1 atom stereocenters. The Morgan fingerprint density at radius 1 is 1.29 bits per heavy atom. The summed E-state index contributed by atoms with van der Waals surface area (Å²) in [6, 6.07) is 7.33. The van der Waals surface area contributed by atoms with Gasteiger partial charge in [-0.05, 0) is 38.5 Å². The number of ether oxygens (including phenoxy) is 2. The number of hydrogen-bond acceptors (Lipinski definition) is 4. The summed E-state index contributed by atoms with van der Waals surface area (Å²) in [5, 5.41) is 9.74. The van der Waals surface area contributed by atoms with Crippen LogP contribution >= 0.6 is 0 Å². The first-order valence-electron chi connectivity index (χ1n) is 7.28. The highest BCUT2D eigenvalue weighted by atomic mass is 16.5. The highest BCUT2D eigenvalue weighted by Crippen LogP contribution is 2.31. The fraction of sp³-hybridized carbons (Fsp3) is 0.562. The third-order valence-electron chi connectivity index (χ3n) is 3.85. The average molecular weight is 293 g/mol. The molecule has 1 unspecified atom stereocenters. The Balaban J connectivity index is 2.27. The zero-order chi connectivity index (χ0) is 15.5. The molecule has 1 aromatic carbocycles. The van der Waals surface area contributed by atoms with Crippen molar-refractivity contribution in [2.45, 2.75) is 32.4 Å². The van der Waals surface area contributed by atoms with Crippen LogP contribution in [0.3, 0.4) is 0 Å². The van der Waals surface area contributed by atoms with Gasteiger partial charge in [0.25, 0.3) is 0 Å². The molecule has 1 aromatic rings. The number of carboxylic acid groups (broad SMARTS) is 1. The SMILES string of the molecule is CC(C)Oc1ccc(C(C)(C(=O)O)N2CCOCC2)cc1. The fourth-order valence-corrected chi connectivity index (χ4v) is 2.58. The van der Waals surface area contributed by atoms with Crippen molar-refractivity contribution in [2.24, 2.45) is 0 Å². The van der Waals surface area contributed by atoms with Crippen LogP contribution in [0.25, 0.3) is 0 Å². The first-order valence-corrected chi connectivity index (χ1v) is 7.28. The summed E-state index contributed by atoms with van der Waals surface area (Å²) in [4.78, 5) is 13.8. The fourth-order valence-electron chi connectivity index (χ4n) is 2.58. The topological polar surface area (TPSA) is 59.0 Å². The van der Waals surface area contributed by atoms with Crippen molar-refractivity contribution in [2.75, 3.05) is 26.3 Å². The third-order valence-corrected chi connectivity index (χ3v) is 3.85. The van der Waals surface area contributed by atoms with E-state index >= 15 is 0 Å². The van der Waals surface area contributed by atoms with Gasteiger partial charge in [0.1, 0.15) is 11.3 Å². The van der Waals surface area contributed by atoms with Gasteiger partial charge < -0.3 is 14.6 Å². The smallest absolute Gasteiger partial charge is 0.328 e. The van der Waals surface area contributed by atoms with E-state index in [4.69, 9.17) is 9.47 Å². The average Bonchev–Trinajstić information content (AvgIpc) is 2.47. The van der Waals surface area contributed by atoms with Crippen LogP contribution < -0.4 is 4.74 Å². The molecule has 1 saturated heterocycles. The van der Waals surface area contributed by atoms with Crippen LogP contribution in [-0.4, -0.2) is 48.4 Å². The van der Waals surface area contributed by atoms with E-state index in [2.05, 4.69) is 0 Å². The Morgan fingerprint density at radius 3 is 2.33 bits per heavy atom. The molecule has 0 bridgehead atoms. The second-order valence-electron chi connectivity index (χ2n) is 5.67. The lowest BCUT2D eigenvalue weighted by Gasteiger charge is -2.40. The molecule has 5 nitrogen and oxygen atoms in total. The van der Waals surface area contributed by atoms with E-state index in [1.807, 2.05) is 43.0 Å². The van der Waals surface area contributed by atoms with Crippen LogP contribution in [-0.2, 0) is 15.1 Å². The molecule has 1 aliphatic heterocycles. The van der Waals surface area contributed by atoms with Crippen molar-refractivity contribution in [1.29, 1.82) is 0 Å². The summed E-state index contributed by atoms with van der Waals surface area (Å²) in [6.07, 6.45) is 0.0981. The first-order chi connectivity index (χ1) is 9.94. The third kappa shape index (κ3) is 3.36. The van der Waals surface area contributed by atoms with E-state index in [1.54, 1.807) is 6.92 Å². The van der Waals surface area contributed by atoms with Gasteiger partial charge in [0.05, 0.1) is 19.3 Å². The van der Waals surface area contributed by atoms with Gasteiger partial charge in [0.2, 0.25) is 0 Å². The van der Waals surface area contributed by atoms with E-state index < -0.39 is 11.5 Å². The monoisotopic (exact) mass is 293 g/mol. The van der Waals surface area contributed by atoms with Gasteiger partial charge >= 0.3 is 5.97 Å². The number of benzene rings is 1. The van der Waals surface area contributed by atoms with Crippen molar-refractivity contribution in [3.63, 3.8) is 0 Å². The maximum atomic E-state index is 11.9. The highest BCUT2D eigenvalue weighted by molar-refractivity contribution is 5.80. The van der Waals surface area contributed by atoms with Crippen molar-refractivity contribution >= 4 is 5.97 Å². The van der Waals surface area contributed by atoms with Crippen molar-refractivity contribution in [3.05, 3.63) is 29.8 Å². The van der Waals surface area contributed by atoms with E-state index in [9.17, 15) is 9.90 Å². The Morgan fingerprint density at radius 2 is 1.86 bits per heavy atom. The minimum absolute atomic E-state index is 0.0981. The van der Waals surface area contributed by atoms with Crippen LogP contribution in [0.1, 0.15) is 26.3 Å². The number of nitrogens with zero attached hydrogens (tertiary/aromatic N) is 1. The number of aliphatic carboxylic acids is 1. The maximum Gasteiger partial charge on any atom is 0.328 e. The van der Waals surface area contributed by atoms with Gasteiger partial charge in [-0.25, -0.2) is 4.79 Å². The van der Waals surface area contributed by atoms with Crippen molar-refractivity contribution < 1.29 is 19.4 Å². The summed E-state index contributed by atoms with van der Waals surface area (Å²) in [6.45, 7) is 8.04. The van der Waals surface area contributed by atoms with Crippen LogP contribution in [0.4, 0.5) is 0 Å². The molecule has 1 heterocycles. The van der Waals surface area contributed by atoms with Crippen molar-refractivity contribution in [1.82, 2.24) is 4.90 Å². The van der Waals surface area contributed by atoms with Gasteiger partial charge in [0, 0.05) is 13.1 Å². The van der Waals surface area contributed by atoms with Gasteiger partial charge in [0.15, 0.2) is 0 Å². The minimum Gasteiger partial charge on any atom is -0.491 e. The quantitative estimate of drug-likeness (QED) is 0.901. The molecule has 21 heavy (non-hydrogen) atoms. The Bertz CT molecular complexity index is 480. The summed E-state index contributed by atoms with van der Waals surface area (Å²) in [5.74, 6) is -0.0922. The molecule has 0 amide bonds. The molecule has 0 aliphatic carbocycles. The molecular formula is C16H23NO4. The Hall–Kier alpha value is -1.59. The molecule has 0 aromatic heterocycles. The number of carbonyl (C=O) groups is 1. The van der Waals surface area contributed by atoms with Crippen molar-refractivity contribution in [3.8, 4) is 5.75 Å². The van der Waals surface area contributed by atoms with E-state index in [0.29, 0.717) is 26.3 Å². The summed E-state index contributed by atoms with van der Waals surface area (Å²) < 4.78 is 10.9. The van der Waals surface area contributed by atoms with Crippen LogP contribution in [0, 0.1) is 0 Å². The molecule has 0 spiro atoms. The van der Waals surface area contributed by atoms with Crippen LogP contribution in [0.5, 0.6) is 5.75 Å². The molecule has 116 valence electrons. The number of morpholine rings is 1. The molecule has 2 rings (SSSR count). The maximum absolute atomic E-state index is 11.9. The Kier molecular flexibility index (Phi) is 4.85. The van der Waals surface area contributed by atoms with E-state index in [-0.39, 0.29) is 6.10 Å². The molecule has 1 aliphatic rings. The largest absolute Gasteiger partial charge is 0.491 e. The molecule has 1 N–H and O–H groups in total. The lowest BCUT2D eigenvalue weighted by Crippen LogP contribution is -2.54. The zero-order valence-electron chi connectivity index (χ0n) is 12.8. The lowest BCUT2D eigenvalue weighted by atomic mass is 9.89. The van der Waals surface area contributed by atoms with E-state index in [1.165, 1.54) is 0 Å². The van der Waals surface area contributed by atoms with Gasteiger partial charge in [-0.2, -0.15) is 0 Å². The van der Waals surface area contributed by atoms with Gasteiger partial charge in [-0.1, -0.05) is 12.1 Å². The second-order valence-corrected chi connectivity index (χ2v) is 5.67. The highest BCUT2D eigenvalue weighted by Gasteiger charge is 2.41. The summed E-state index contributed by atoms with van der Waals surface area (Å²) in [7, 11) is 0. The predicted octanol–water partition coefficient (Wildman–Crippen LogP) is 2.11. The lowest BCUT2D eigenvalue weighted by molar-refractivity contribution is -0.154. The van der Waals surface area contributed by atoms with Gasteiger partial charge in [-0.3, -0.25) is 4.90 Å². The molecule has 1 fully saturated rings. The first kappa shape index (κ1) is 15.8. The van der Waals surface area contributed by atoms with Gasteiger partial charge in [-0.15, -0.1) is 0 Å². The number of carboxylic acids is 1. The summed E-state index contributed by atoms with van der Waals surface area (Å²) in [5.41, 5.74) is -0.284. The standard InChI is InChI=1S/C16H23NO4/c1-12(2)21-14-6-4-13(5-7-14)16(3,15(18)19)17-8-10-20-11-9-17/h4-7,12H,8-11H2,1-3H3,(H,18,19). The van der Waals surface area contributed by atoms with Crippen LogP contribution in [0.15, 0.2) is 24.3 Å².